The molecule has 0 aliphatic rings. The van der Waals surface area contributed by atoms with E-state index in [2.05, 4.69) is 50.2 Å². The van der Waals surface area contributed by atoms with Crippen molar-refractivity contribution < 1.29 is 4.74 Å². The molecule has 0 radical (unpaired) electrons. The van der Waals surface area contributed by atoms with Gasteiger partial charge in [0.1, 0.15) is 5.75 Å². The topological polar surface area (TPSA) is 9.23 Å². The molecule has 0 amide bonds. The molecule has 0 fully saturated rings. The van der Waals surface area contributed by atoms with Gasteiger partial charge in [0, 0.05) is 0 Å². The van der Waals surface area contributed by atoms with Crippen LogP contribution in [0, 0.1) is 5.92 Å². The zero-order valence-corrected chi connectivity index (χ0v) is 11.3. The fraction of sp³-hybridized carbons (Fsp3) is 0.294. The van der Waals surface area contributed by atoms with Crippen molar-refractivity contribution in [2.24, 2.45) is 5.92 Å². The Labute approximate surface area is 109 Å². The summed E-state index contributed by atoms with van der Waals surface area (Å²) in [7, 11) is 1.69. The summed E-state index contributed by atoms with van der Waals surface area (Å²) >= 11 is 0. The molecule has 0 heterocycles. The third-order valence-corrected chi connectivity index (χ3v) is 3.02. The van der Waals surface area contributed by atoms with Gasteiger partial charge in [0.25, 0.3) is 0 Å². The lowest BCUT2D eigenvalue weighted by molar-refractivity contribution is 0.415. The van der Waals surface area contributed by atoms with Gasteiger partial charge in [-0.15, -0.1) is 0 Å². The Hall–Kier alpha value is -1.76. The number of hydrogen-bond donors (Lipinski definition) is 0. The first-order valence-corrected chi connectivity index (χ1v) is 6.42. The quantitative estimate of drug-likeness (QED) is 0.761. The Morgan fingerprint density at radius 1 is 0.833 bits per heavy atom. The van der Waals surface area contributed by atoms with E-state index in [-0.39, 0.29) is 0 Å². The van der Waals surface area contributed by atoms with Crippen LogP contribution in [-0.4, -0.2) is 7.11 Å². The summed E-state index contributed by atoms with van der Waals surface area (Å²) in [5.41, 5.74) is 3.89. The van der Waals surface area contributed by atoms with E-state index in [9.17, 15) is 0 Å². The molecule has 0 aliphatic carbocycles. The van der Waals surface area contributed by atoms with Gasteiger partial charge in [-0.2, -0.15) is 0 Å². The van der Waals surface area contributed by atoms with Gasteiger partial charge in [0.15, 0.2) is 0 Å². The first kappa shape index (κ1) is 12.7. The largest absolute Gasteiger partial charge is 0.497 e. The van der Waals surface area contributed by atoms with Crippen LogP contribution in [0.2, 0.25) is 0 Å². The Bertz CT molecular complexity index is 480. The van der Waals surface area contributed by atoms with Gasteiger partial charge < -0.3 is 4.74 Å². The van der Waals surface area contributed by atoms with E-state index < -0.39 is 0 Å². The van der Waals surface area contributed by atoms with Crippen LogP contribution >= 0.6 is 0 Å². The molecule has 0 saturated carbocycles. The first-order valence-electron chi connectivity index (χ1n) is 6.42. The van der Waals surface area contributed by atoms with Gasteiger partial charge in [-0.05, 0) is 41.2 Å². The third-order valence-electron chi connectivity index (χ3n) is 3.02. The molecule has 1 nitrogen and oxygen atoms in total. The fourth-order valence-electron chi connectivity index (χ4n) is 2.09. The molecule has 0 spiro atoms. The lowest BCUT2D eigenvalue weighted by Gasteiger charge is -2.07. The van der Waals surface area contributed by atoms with Crippen molar-refractivity contribution >= 4 is 0 Å². The number of methoxy groups -OCH3 is 1. The van der Waals surface area contributed by atoms with E-state index in [0.717, 1.165) is 12.2 Å². The van der Waals surface area contributed by atoms with Gasteiger partial charge in [0.05, 0.1) is 7.11 Å². The average molecular weight is 240 g/mol. The van der Waals surface area contributed by atoms with Gasteiger partial charge in [0.2, 0.25) is 0 Å². The van der Waals surface area contributed by atoms with Crippen LogP contribution in [-0.2, 0) is 6.42 Å². The molecular formula is C17H20O. The highest BCUT2D eigenvalue weighted by Gasteiger charge is 2.00. The zero-order valence-electron chi connectivity index (χ0n) is 11.3. The minimum absolute atomic E-state index is 0.705. The Balaban J connectivity index is 2.17. The number of ether oxygens (including phenoxy) is 1. The number of hydrogen-bond acceptors (Lipinski definition) is 1. The summed E-state index contributed by atoms with van der Waals surface area (Å²) in [5.74, 6) is 1.60. The second-order valence-electron chi connectivity index (χ2n) is 5.02. The molecule has 0 aromatic heterocycles. The van der Waals surface area contributed by atoms with E-state index in [1.165, 1.54) is 16.7 Å². The minimum Gasteiger partial charge on any atom is -0.497 e. The van der Waals surface area contributed by atoms with Crippen molar-refractivity contribution in [2.75, 3.05) is 7.11 Å². The Morgan fingerprint density at radius 2 is 1.33 bits per heavy atom. The summed E-state index contributed by atoms with van der Waals surface area (Å²) in [5, 5.41) is 0. The molecule has 94 valence electrons. The molecule has 0 saturated heterocycles. The fourth-order valence-corrected chi connectivity index (χ4v) is 2.09. The summed E-state index contributed by atoms with van der Waals surface area (Å²) in [6.07, 6.45) is 1.14. The normalized spacial score (nSPS) is 10.7. The second-order valence-corrected chi connectivity index (χ2v) is 5.02. The lowest BCUT2D eigenvalue weighted by atomic mass is 9.99. The van der Waals surface area contributed by atoms with E-state index in [4.69, 9.17) is 4.74 Å². The summed E-state index contributed by atoms with van der Waals surface area (Å²) < 4.78 is 5.17. The minimum atomic E-state index is 0.705. The molecule has 2 aromatic rings. The molecule has 0 bridgehead atoms. The van der Waals surface area contributed by atoms with Crippen LogP contribution in [0.1, 0.15) is 19.4 Å². The second kappa shape index (κ2) is 5.72. The maximum absolute atomic E-state index is 5.17. The average Bonchev–Trinajstić information content (AvgIpc) is 2.39. The van der Waals surface area contributed by atoms with Gasteiger partial charge in [-0.3, -0.25) is 0 Å². The Kier molecular flexibility index (Phi) is 4.03. The van der Waals surface area contributed by atoms with Crippen LogP contribution in [0.5, 0.6) is 5.75 Å². The highest BCUT2D eigenvalue weighted by molar-refractivity contribution is 5.64. The van der Waals surface area contributed by atoms with Crippen molar-refractivity contribution in [2.45, 2.75) is 20.3 Å². The van der Waals surface area contributed by atoms with Crippen molar-refractivity contribution in [1.29, 1.82) is 0 Å². The van der Waals surface area contributed by atoms with Gasteiger partial charge in [-0.25, -0.2) is 0 Å². The summed E-state index contributed by atoms with van der Waals surface area (Å²) in [6, 6.07) is 17.0. The first-order chi connectivity index (χ1) is 8.69. The molecule has 1 heteroatoms. The molecular weight excluding hydrogens is 220 g/mol. The molecule has 0 atom stereocenters. The van der Waals surface area contributed by atoms with Gasteiger partial charge >= 0.3 is 0 Å². The predicted octanol–water partition coefficient (Wildman–Crippen LogP) is 4.56. The van der Waals surface area contributed by atoms with Crippen molar-refractivity contribution in [3.63, 3.8) is 0 Å². The molecule has 2 rings (SSSR count). The smallest absolute Gasteiger partial charge is 0.118 e. The van der Waals surface area contributed by atoms with Crippen LogP contribution in [0.4, 0.5) is 0 Å². The van der Waals surface area contributed by atoms with Gasteiger partial charge in [-0.1, -0.05) is 50.2 Å². The molecule has 2 aromatic carbocycles. The van der Waals surface area contributed by atoms with E-state index >= 15 is 0 Å². The van der Waals surface area contributed by atoms with E-state index in [0.29, 0.717) is 5.92 Å². The van der Waals surface area contributed by atoms with Crippen LogP contribution in [0.3, 0.4) is 0 Å². The monoisotopic (exact) mass is 240 g/mol. The van der Waals surface area contributed by atoms with Crippen molar-refractivity contribution in [1.82, 2.24) is 0 Å². The SMILES string of the molecule is COc1ccc(-c2ccc(CC(C)C)cc2)cc1. The maximum Gasteiger partial charge on any atom is 0.118 e. The maximum atomic E-state index is 5.17. The van der Waals surface area contributed by atoms with E-state index in [1.54, 1.807) is 7.11 Å². The van der Waals surface area contributed by atoms with Crippen LogP contribution < -0.4 is 4.74 Å². The molecule has 0 unspecified atom stereocenters. The molecule has 18 heavy (non-hydrogen) atoms. The lowest BCUT2D eigenvalue weighted by Crippen LogP contribution is -1.93. The molecule has 0 aliphatic heterocycles. The number of rotatable bonds is 4. The van der Waals surface area contributed by atoms with Crippen LogP contribution in [0.15, 0.2) is 48.5 Å². The van der Waals surface area contributed by atoms with E-state index in [1.807, 2.05) is 12.1 Å². The number of benzene rings is 2. The summed E-state index contributed by atoms with van der Waals surface area (Å²) in [4.78, 5) is 0. The van der Waals surface area contributed by atoms with Crippen molar-refractivity contribution in [3.05, 3.63) is 54.1 Å². The van der Waals surface area contributed by atoms with Crippen LogP contribution in [0.25, 0.3) is 11.1 Å². The summed E-state index contributed by atoms with van der Waals surface area (Å²) in [6.45, 7) is 4.49. The third kappa shape index (κ3) is 3.13. The highest BCUT2D eigenvalue weighted by atomic mass is 16.5. The molecule has 0 N–H and O–H groups in total. The standard InChI is InChI=1S/C17H20O/c1-13(2)12-14-4-6-15(7-5-14)16-8-10-17(18-3)11-9-16/h4-11,13H,12H2,1-3H3. The zero-order chi connectivity index (χ0) is 13.0. The predicted molar refractivity (Wildman–Crippen MR) is 77.0 cm³/mol. The Morgan fingerprint density at radius 3 is 1.78 bits per heavy atom. The van der Waals surface area contributed by atoms with Crippen molar-refractivity contribution in [3.8, 4) is 16.9 Å². The highest BCUT2D eigenvalue weighted by Crippen LogP contribution is 2.23.